The van der Waals surface area contributed by atoms with Crippen LogP contribution in [-0.4, -0.2) is 15.2 Å². The van der Waals surface area contributed by atoms with Crippen LogP contribution in [0.4, 0.5) is 5.82 Å². The van der Waals surface area contributed by atoms with Gasteiger partial charge in [0.15, 0.2) is 4.34 Å². The number of hydrogen-bond donors (Lipinski definition) is 1. The van der Waals surface area contributed by atoms with E-state index in [-0.39, 0.29) is 0 Å². The molecule has 0 saturated heterocycles. The quantitative estimate of drug-likeness (QED) is 0.845. The molecule has 0 aromatic carbocycles. The Balaban J connectivity index is 2.18. The molecule has 0 aliphatic carbocycles. The van der Waals surface area contributed by atoms with Crippen molar-refractivity contribution in [2.24, 2.45) is 0 Å². The van der Waals surface area contributed by atoms with Gasteiger partial charge in [-0.2, -0.15) is 0 Å². The average molecular weight is 224 g/mol. The third-order valence-corrected chi connectivity index (χ3v) is 3.34. The van der Waals surface area contributed by atoms with Gasteiger partial charge in [-0.3, -0.25) is 0 Å². The van der Waals surface area contributed by atoms with E-state index in [1.54, 1.807) is 29.3 Å². The van der Waals surface area contributed by atoms with Crippen molar-refractivity contribution in [3.05, 3.63) is 23.3 Å². The van der Waals surface area contributed by atoms with E-state index in [9.17, 15) is 0 Å². The molecule has 0 atom stereocenters. The lowest BCUT2D eigenvalue weighted by atomic mass is 10.5. The van der Waals surface area contributed by atoms with Gasteiger partial charge in [0.05, 0.1) is 0 Å². The molecule has 0 bridgehead atoms. The number of nitrogen functional groups attached to an aromatic ring is 1. The van der Waals surface area contributed by atoms with Gasteiger partial charge >= 0.3 is 0 Å². The first-order chi connectivity index (χ1) is 6.74. The highest BCUT2D eigenvalue weighted by Crippen LogP contribution is 2.29. The number of anilines is 1. The molecule has 0 radical (unpaired) electrons. The Kier molecular flexibility index (Phi) is 2.64. The molecule has 2 aromatic rings. The molecular weight excluding hydrogens is 216 g/mol. The Labute approximate surface area is 89.6 Å². The van der Waals surface area contributed by atoms with Crippen LogP contribution in [0.5, 0.6) is 0 Å². The molecule has 0 saturated carbocycles. The third kappa shape index (κ3) is 2.21. The van der Waals surface area contributed by atoms with Crippen molar-refractivity contribution >= 4 is 28.9 Å². The molecular formula is C8H8N4S2. The third-order valence-electron chi connectivity index (χ3n) is 1.47. The maximum atomic E-state index is 5.56. The molecule has 0 spiro atoms. The Morgan fingerprint density at radius 3 is 2.93 bits per heavy atom. The van der Waals surface area contributed by atoms with Crippen molar-refractivity contribution in [2.45, 2.75) is 16.2 Å². The van der Waals surface area contributed by atoms with E-state index >= 15 is 0 Å². The first kappa shape index (κ1) is 9.42. The second kappa shape index (κ2) is 3.93. The summed E-state index contributed by atoms with van der Waals surface area (Å²) in [7, 11) is 0. The smallest absolute Gasteiger partial charge is 0.179 e. The first-order valence-electron chi connectivity index (χ1n) is 3.93. The highest BCUT2D eigenvalue weighted by atomic mass is 32.2. The van der Waals surface area contributed by atoms with Gasteiger partial charge in [-0.05, 0) is 19.1 Å². The summed E-state index contributed by atoms with van der Waals surface area (Å²) in [5.74, 6) is 0.524. The van der Waals surface area contributed by atoms with Crippen LogP contribution < -0.4 is 5.73 Å². The minimum Gasteiger partial charge on any atom is -0.384 e. The van der Waals surface area contributed by atoms with Crippen molar-refractivity contribution in [3.63, 3.8) is 0 Å². The summed E-state index contributed by atoms with van der Waals surface area (Å²) in [5, 5.41) is 8.91. The number of aryl methyl sites for hydroxylation is 1. The van der Waals surface area contributed by atoms with Crippen LogP contribution in [0.25, 0.3) is 0 Å². The Hall–Kier alpha value is -1.14. The lowest BCUT2D eigenvalue weighted by Crippen LogP contribution is -1.88. The predicted molar refractivity (Wildman–Crippen MR) is 57.4 cm³/mol. The van der Waals surface area contributed by atoms with Crippen LogP contribution in [0.3, 0.4) is 0 Å². The summed E-state index contributed by atoms with van der Waals surface area (Å²) < 4.78 is 0.924. The van der Waals surface area contributed by atoms with Gasteiger partial charge in [-0.25, -0.2) is 4.98 Å². The number of hydrogen-bond acceptors (Lipinski definition) is 6. The zero-order valence-corrected chi connectivity index (χ0v) is 9.10. The molecule has 2 N–H and O–H groups in total. The Morgan fingerprint density at radius 2 is 2.29 bits per heavy atom. The second-order valence-corrected chi connectivity index (χ2v) is 5.11. The molecule has 0 unspecified atom stereocenters. The monoisotopic (exact) mass is 224 g/mol. The molecule has 0 fully saturated rings. The predicted octanol–water partition coefficient (Wildman–Crippen LogP) is 1.97. The van der Waals surface area contributed by atoms with Crippen LogP contribution in [0, 0.1) is 6.92 Å². The van der Waals surface area contributed by atoms with Crippen molar-refractivity contribution < 1.29 is 0 Å². The summed E-state index contributed by atoms with van der Waals surface area (Å²) in [5.41, 5.74) is 5.56. The van der Waals surface area contributed by atoms with Crippen molar-refractivity contribution in [3.8, 4) is 0 Å². The molecule has 72 valence electrons. The minimum absolute atomic E-state index is 0.524. The van der Waals surface area contributed by atoms with Gasteiger partial charge in [0.1, 0.15) is 10.8 Å². The van der Waals surface area contributed by atoms with E-state index in [0.717, 1.165) is 14.2 Å². The van der Waals surface area contributed by atoms with E-state index in [4.69, 9.17) is 5.73 Å². The Morgan fingerprint density at radius 1 is 1.43 bits per heavy atom. The maximum Gasteiger partial charge on any atom is 0.179 e. The largest absolute Gasteiger partial charge is 0.384 e. The fourth-order valence-corrected chi connectivity index (χ4v) is 2.74. The number of aromatic nitrogens is 3. The lowest BCUT2D eigenvalue weighted by molar-refractivity contribution is 0.983. The topological polar surface area (TPSA) is 64.7 Å². The number of pyridine rings is 1. The van der Waals surface area contributed by atoms with E-state index in [0.29, 0.717) is 5.82 Å². The lowest BCUT2D eigenvalue weighted by Gasteiger charge is -1.96. The van der Waals surface area contributed by atoms with Crippen LogP contribution in [0.2, 0.25) is 0 Å². The second-order valence-electron chi connectivity index (χ2n) is 2.61. The van der Waals surface area contributed by atoms with E-state index in [2.05, 4.69) is 15.2 Å². The summed E-state index contributed by atoms with van der Waals surface area (Å²) in [6.07, 6.45) is 1.69. The van der Waals surface area contributed by atoms with Crippen LogP contribution >= 0.6 is 23.1 Å². The molecule has 6 heteroatoms. The zero-order chi connectivity index (χ0) is 9.97. The highest BCUT2D eigenvalue weighted by Gasteiger charge is 2.03. The standard InChI is InChI=1S/C8H8N4S2/c1-5-11-12-8(13-5)14-6-2-3-10-7(9)4-6/h2-4H,1H3,(H2,9,10). The van der Waals surface area contributed by atoms with E-state index in [1.807, 2.05) is 19.1 Å². The normalized spacial score (nSPS) is 10.4. The van der Waals surface area contributed by atoms with Gasteiger partial charge in [0, 0.05) is 11.1 Å². The zero-order valence-electron chi connectivity index (χ0n) is 7.47. The molecule has 0 amide bonds. The summed E-state index contributed by atoms with van der Waals surface area (Å²) in [6, 6.07) is 3.72. The van der Waals surface area contributed by atoms with Crippen LogP contribution in [0.1, 0.15) is 5.01 Å². The molecule has 14 heavy (non-hydrogen) atoms. The fraction of sp³-hybridized carbons (Fsp3) is 0.125. The van der Waals surface area contributed by atoms with Crippen molar-refractivity contribution in [1.82, 2.24) is 15.2 Å². The van der Waals surface area contributed by atoms with Crippen LogP contribution in [0.15, 0.2) is 27.6 Å². The van der Waals surface area contributed by atoms with Crippen molar-refractivity contribution in [1.29, 1.82) is 0 Å². The summed E-state index contributed by atoms with van der Waals surface area (Å²) in [4.78, 5) is 4.95. The minimum atomic E-state index is 0.524. The summed E-state index contributed by atoms with van der Waals surface area (Å²) in [6.45, 7) is 1.93. The van der Waals surface area contributed by atoms with Gasteiger partial charge in [-0.15, -0.1) is 10.2 Å². The average Bonchev–Trinajstić information content (AvgIpc) is 2.51. The van der Waals surface area contributed by atoms with Gasteiger partial charge in [0.25, 0.3) is 0 Å². The van der Waals surface area contributed by atoms with Crippen LogP contribution in [-0.2, 0) is 0 Å². The summed E-state index contributed by atoms with van der Waals surface area (Å²) >= 11 is 3.12. The van der Waals surface area contributed by atoms with Gasteiger partial charge < -0.3 is 5.73 Å². The molecule has 0 aliphatic rings. The SMILES string of the molecule is Cc1nnc(Sc2ccnc(N)c2)s1. The van der Waals surface area contributed by atoms with Gasteiger partial charge in [0.2, 0.25) is 0 Å². The van der Waals surface area contributed by atoms with Crippen molar-refractivity contribution in [2.75, 3.05) is 5.73 Å². The van der Waals surface area contributed by atoms with E-state index in [1.165, 1.54) is 0 Å². The number of nitrogens with zero attached hydrogens (tertiary/aromatic N) is 3. The molecule has 2 aromatic heterocycles. The molecule has 2 heterocycles. The maximum absolute atomic E-state index is 5.56. The molecule has 4 nitrogen and oxygen atoms in total. The van der Waals surface area contributed by atoms with E-state index < -0.39 is 0 Å². The first-order valence-corrected chi connectivity index (χ1v) is 5.57. The number of rotatable bonds is 2. The fourth-order valence-electron chi connectivity index (χ4n) is 0.912. The van der Waals surface area contributed by atoms with Gasteiger partial charge in [-0.1, -0.05) is 23.1 Å². The molecule has 2 rings (SSSR count). The number of nitrogens with two attached hydrogens (primary N) is 1. The highest BCUT2D eigenvalue weighted by molar-refractivity contribution is 8.01. The Bertz CT molecular complexity index is 440. The molecule has 0 aliphatic heterocycles.